The molecule has 1 fully saturated rings. The Morgan fingerprint density at radius 1 is 1.20 bits per heavy atom. The molecule has 0 aromatic heterocycles. The van der Waals surface area contributed by atoms with Crippen molar-refractivity contribution in [2.45, 2.75) is 26.7 Å². The Labute approximate surface area is 63.1 Å². The van der Waals surface area contributed by atoms with Crippen LogP contribution in [0.5, 0.6) is 0 Å². The molecule has 2 heteroatoms. The molecule has 60 valence electrons. The van der Waals surface area contributed by atoms with Crippen molar-refractivity contribution < 1.29 is 4.84 Å². The van der Waals surface area contributed by atoms with Gasteiger partial charge in [0.1, 0.15) is 0 Å². The number of hydrogen-bond acceptors (Lipinski definition) is 2. The van der Waals surface area contributed by atoms with Crippen LogP contribution in [0.2, 0.25) is 0 Å². The molecule has 0 aliphatic carbocycles. The summed E-state index contributed by atoms with van der Waals surface area (Å²) in [7, 11) is 1.75. The van der Waals surface area contributed by atoms with E-state index in [0.717, 1.165) is 13.1 Å². The van der Waals surface area contributed by atoms with Gasteiger partial charge in [-0.1, -0.05) is 13.8 Å². The molecule has 1 rings (SSSR count). The van der Waals surface area contributed by atoms with Crippen LogP contribution in [0.25, 0.3) is 0 Å². The fourth-order valence-corrected chi connectivity index (χ4v) is 1.27. The summed E-state index contributed by atoms with van der Waals surface area (Å²) in [5.74, 6) is 0. The minimum atomic E-state index is 0.537. The monoisotopic (exact) mass is 143 g/mol. The maximum absolute atomic E-state index is 5.12. The standard InChI is InChI=1S/C8H17NO/c1-8(2)4-6-9(10-3)7-5-8/h4-7H2,1-3H3. The fourth-order valence-electron chi connectivity index (χ4n) is 1.27. The predicted molar refractivity (Wildman–Crippen MR) is 41.6 cm³/mol. The minimum Gasteiger partial charge on any atom is -0.302 e. The average molecular weight is 143 g/mol. The lowest BCUT2D eigenvalue weighted by Crippen LogP contribution is -2.36. The van der Waals surface area contributed by atoms with Crippen LogP contribution in [0.3, 0.4) is 0 Å². The van der Waals surface area contributed by atoms with Crippen LogP contribution in [0.15, 0.2) is 0 Å². The second kappa shape index (κ2) is 2.89. The van der Waals surface area contributed by atoms with E-state index in [-0.39, 0.29) is 0 Å². The zero-order valence-electron chi connectivity index (χ0n) is 7.18. The smallest absolute Gasteiger partial charge is 0.0575 e. The lowest BCUT2D eigenvalue weighted by molar-refractivity contribution is -0.155. The van der Waals surface area contributed by atoms with Gasteiger partial charge in [-0.05, 0) is 18.3 Å². The summed E-state index contributed by atoms with van der Waals surface area (Å²) in [5, 5.41) is 2.03. The Morgan fingerprint density at radius 3 is 2.10 bits per heavy atom. The molecule has 1 aliphatic heterocycles. The van der Waals surface area contributed by atoms with Crippen molar-refractivity contribution in [3.05, 3.63) is 0 Å². The molecular formula is C8H17NO. The van der Waals surface area contributed by atoms with Crippen molar-refractivity contribution in [2.75, 3.05) is 20.2 Å². The summed E-state index contributed by atoms with van der Waals surface area (Å²) >= 11 is 0. The first-order valence-electron chi connectivity index (χ1n) is 3.93. The highest BCUT2D eigenvalue weighted by Crippen LogP contribution is 2.29. The summed E-state index contributed by atoms with van der Waals surface area (Å²) in [6, 6.07) is 0. The lowest BCUT2D eigenvalue weighted by Gasteiger charge is -2.35. The van der Waals surface area contributed by atoms with Crippen LogP contribution in [0, 0.1) is 5.41 Å². The Balaban J connectivity index is 2.31. The fraction of sp³-hybridized carbons (Fsp3) is 1.00. The first-order valence-corrected chi connectivity index (χ1v) is 3.93. The van der Waals surface area contributed by atoms with E-state index in [1.54, 1.807) is 7.11 Å². The van der Waals surface area contributed by atoms with Crippen molar-refractivity contribution in [2.24, 2.45) is 5.41 Å². The van der Waals surface area contributed by atoms with Gasteiger partial charge in [-0.25, -0.2) is 0 Å². The van der Waals surface area contributed by atoms with Gasteiger partial charge in [0.2, 0.25) is 0 Å². The van der Waals surface area contributed by atoms with Crippen molar-refractivity contribution in [3.8, 4) is 0 Å². The van der Waals surface area contributed by atoms with Crippen LogP contribution in [0.1, 0.15) is 26.7 Å². The first kappa shape index (κ1) is 8.02. The lowest BCUT2D eigenvalue weighted by atomic mass is 9.83. The van der Waals surface area contributed by atoms with Crippen molar-refractivity contribution in [3.63, 3.8) is 0 Å². The number of rotatable bonds is 1. The molecule has 1 saturated heterocycles. The van der Waals surface area contributed by atoms with Gasteiger partial charge in [-0.3, -0.25) is 0 Å². The second-order valence-corrected chi connectivity index (χ2v) is 3.78. The molecule has 0 amide bonds. The average Bonchev–Trinajstić information content (AvgIpc) is 1.88. The molecular weight excluding hydrogens is 126 g/mol. The van der Waals surface area contributed by atoms with Gasteiger partial charge in [0.05, 0.1) is 7.11 Å². The first-order chi connectivity index (χ1) is 4.64. The zero-order chi connectivity index (χ0) is 7.61. The van der Waals surface area contributed by atoms with E-state index in [9.17, 15) is 0 Å². The molecule has 2 nitrogen and oxygen atoms in total. The van der Waals surface area contributed by atoms with E-state index in [4.69, 9.17) is 4.84 Å². The molecule has 0 radical (unpaired) electrons. The number of hydroxylamine groups is 2. The van der Waals surface area contributed by atoms with E-state index in [0.29, 0.717) is 5.41 Å². The van der Waals surface area contributed by atoms with Crippen LogP contribution >= 0.6 is 0 Å². The molecule has 0 aromatic rings. The topological polar surface area (TPSA) is 12.5 Å². The molecule has 0 unspecified atom stereocenters. The SMILES string of the molecule is CON1CCC(C)(C)CC1. The number of hydrogen-bond donors (Lipinski definition) is 0. The maximum Gasteiger partial charge on any atom is 0.0575 e. The minimum absolute atomic E-state index is 0.537. The summed E-state index contributed by atoms with van der Waals surface area (Å²) in [6.45, 7) is 6.81. The molecule has 1 heterocycles. The number of nitrogens with zero attached hydrogens (tertiary/aromatic N) is 1. The van der Waals surface area contributed by atoms with E-state index in [2.05, 4.69) is 13.8 Å². The van der Waals surface area contributed by atoms with Crippen molar-refractivity contribution in [1.82, 2.24) is 5.06 Å². The Morgan fingerprint density at radius 2 is 1.70 bits per heavy atom. The van der Waals surface area contributed by atoms with Gasteiger partial charge < -0.3 is 4.84 Å². The van der Waals surface area contributed by atoms with Gasteiger partial charge in [0.15, 0.2) is 0 Å². The van der Waals surface area contributed by atoms with E-state index in [1.807, 2.05) is 5.06 Å². The number of piperidine rings is 1. The molecule has 0 saturated carbocycles. The van der Waals surface area contributed by atoms with E-state index >= 15 is 0 Å². The summed E-state index contributed by atoms with van der Waals surface area (Å²) in [4.78, 5) is 5.12. The third kappa shape index (κ3) is 1.96. The third-order valence-corrected chi connectivity index (χ3v) is 2.33. The summed E-state index contributed by atoms with van der Waals surface area (Å²) in [6.07, 6.45) is 2.50. The molecule has 0 N–H and O–H groups in total. The van der Waals surface area contributed by atoms with Crippen LogP contribution in [-0.2, 0) is 4.84 Å². The van der Waals surface area contributed by atoms with E-state index < -0.39 is 0 Å². The van der Waals surface area contributed by atoms with Crippen LogP contribution in [-0.4, -0.2) is 25.3 Å². The Bertz CT molecular complexity index is 102. The van der Waals surface area contributed by atoms with Crippen molar-refractivity contribution in [1.29, 1.82) is 0 Å². The summed E-state index contributed by atoms with van der Waals surface area (Å²) in [5.41, 5.74) is 0.537. The van der Waals surface area contributed by atoms with Crippen molar-refractivity contribution >= 4 is 0 Å². The highest BCUT2D eigenvalue weighted by Gasteiger charge is 2.24. The highest BCUT2D eigenvalue weighted by atomic mass is 16.7. The summed E-state index contributed by atoms with van der Waals surface area (Å²) < 4.78 is 0. The maximum atomic E-state index is 5.12. The molecule has 0 aromatic carbocycles. The molecule has 0 bridgehead atoms. The quantitative estimate of drug-likeness (QED) is 0.553. The normalized spacial score (nSPS) is 26.7. The van der Waals surface area contributed by atoms with Gasteiger partial charge in [0, 0.05) is 13.1 Å². The highest BCUT2D eigenvalue weighted by molar-refractivity contribution is 4.75. The molecule has 0 atom stereocenters. The molecule has 1 aliphatic rings. The van der Waals surface area contributed by atoms with Gasteiger partial charge >= 0.3 is 0 Å². The molecule has 0 spiro atoms. The predicted octanol–water partition coefficient (Wildman–Crippen LogP) is 1.67. The van der Waals surface area contributed by atoms with E-state index in [1.165, 1.54) is 12.8 Å². The van der Waals surface area contributed by atoms with Crippen LogP contribution in [0.4, 0.5) is 0 Å². The second-order valence-electron chi connectivity index (χ2n) is 3.78. The van der Waals surface area contributed by atoms with Gasteiger partial charge in [-0.15, -0.1) is 0 Å². The largest absolute Gasteiger partial charge is 0.302 e. The third-order valence-electron chi connectivity index (χ3n) is 2.33. The van der Waals surface area contributed by atoms with Gasteiger partial charge in [-0.2, -0.15) is 5.06 Å². The van der Waals surface area contributed by atoms with Crippen LogP contribution < -0.4 is 0 Å². The molecule has 10 heavy (non-hydrogen) atoms. The Kier molecular flexibility index (Phi) is 2.32. The van der Waals surface area contributed by atoms with Gasteiger partial charge in [0.25, 0.3) is 0 Å². The zero-order valence-corrected chi connectivity index (χ0v) is 7.18. The Hall–Kier alpha value is -0.0800.